The van der Waals surface area contributed by atoms with Gasteiger partial charge in [0.25, 0.3) is 0 Å². The Labute approximate surface area is 103 Å². The maximum Gasteiger partial charge on any atom is 0.128 e. The van der Waals surface area contributed by atoms with Crippen LogP contribution in [0.4, 0.5) is 4.39 Å². The normalized spacial score (nSPS) is 13.0. The standard InChI is InChI=1S/C14H23FN2/c1-3-7-11(8-4-2)14(17-16)12-9-5-6-10-13(12)15/h5-6,9-11,14,17H,3-4,7-8,16H2,1-2H3. The first-order valence-corrected chi connectivity index (χ1v) is 6.45. The molecule has 0 aromatic heterocycles. The summed E-state index contributed by atoms with van der Waals surface area (Å²) in [6.45, 7) is 4.30. The molecule has 0 heterocycles. The number of halogens is 1. The first-order valence-electron chi connectivity index (χ1n) is 6.45. The number of rotatable bonds is 7. The molecule has 0 saturated carbocycles. The number of hydrogen-bond donors (Lipinski definition) is 2. The van der Waals surface area contributed by atoms with Gasteiger partial charge in [0.2, 0.25) is 0 Å². The van der Waals surface area contributed by atoms with E-state index in [0.717, 1.165) is 25.7 Å². The Hall–Kier alpha value is -0.930. The van der Waals surface area contributed by atoms with Crippen molar-refractivity contribution >= 4 is 0 Å². The monoisotopic (exact) mass is 238 g/mol. The summed E-state index contributed by atoms with van der Waals surface area (Å²) < 4.78 is 13.8. The van der Waals surface area contributed by atoms with Gasteiger partial charge in [0.05, 0.1) is 6.04 Å². The fourth-order valence-corrected chi connectivity index (χ4v) is 2.43. The molecule has 0 saturated heterocycles. The van der Waals surface area contributed by atoms with E-state index in [0.29, 0.717) is 11.5 Å². The summed E-state index contributed by atoms with van der Waals surface area (Å²) in [4.78, 5) is 0. The van der Waals surface area contributed by atoms with Crippen LogP contribution >= 0.6 is 0 Å². The van der Waals surface area contributed by atoms with Gasteiger partial charge in [-0.1, -0.05) is 44.9 Å². The van der Waals surface area contributed by atoms with E-state index in [1.807, 2.05) is 12.1 Å². The van der Waals surface area contributed by atoms with Crippen LogP contribution in [0, 0.1) is 11.7 Å². The van der Waals surface area contributed by atoms with Crippen molar-refractivity contribution in [1.82, 2.24) is 5.43 Å². The molecule has 0 spiro atoms. The highest BCUT2D eigenvalue weighted by molar-refractivity contribution is 5.21. The van der Waals surface area contributed by atoms with Crippen molar-refractivity contribution in [2.24, 2.45) is 11.8 Å². The molecule has 1 atom stereocenters. The Morgan fingerprint density at radius 1 is 1.18 bits per heavy atom. The molecule has 0 aliphatic heterocycles. The van der Waals surface area contributed by atoms with Crippen LogP contribution in [0.25, 0.3) is 0 Å². The molecule has 0 bridgehead atoms. The second kappa shape index (κ2) is 7.41. The van der Waals surface area contributed by atoms with Crippen LogP contribution in [-0.2, 0) is 0 Å². The number of nitrogens with two attached hydrogens (primary N) is 1. The third-order valence-corrected chi connectivity index (χ3v) is 3.21. The lowest BCUT2D eigenvalue weighted by Gasteiger charge is -2.26. The Bertz CT molecular complexity index is 322. The molecule has 3 heteroatoms. The van der Waals surface area contributed by atoms with Gasteiger partial charge in [0.1, 0.15) is 5.82 Å². The van der Waals surface area contributed by atoms with Gasteiger partial charge in [-0.3, -0.25) is 11.3 Å². The average molecular weight is 238 g/mol. The molecule has 0 fully saturated rings. The third kappa shape index (κ3) is 3.79. The van der Waals surface area contributed by atoms with Crippen LogP contribution in [0.1, 0.15) is 51.1 Å². The van der Waals surface area contributed by atoms with E-state index in [9.17, 15) is 4.39 Å². The zero-order chi connectivity index (χ0) is 12.7. The molecule has 1 aromatic carbocycles. The van der Waals surface area contributed by atoms with E-state index >= 15 is 0 Å². The first kappa shape index (κ1) is 14.1. The van der Waals surface area contributed by atoms with E-state index in [1.54, 1.807) is 6.07 Å². The van der Waals surface area contributed by atoms with Gasteiger partial charge >= 0.3 is 0 Å². The summed E-state index contributed by atoms with van der Waals surface area (Å²) in [5, 5.41) is 0. The van der Waals surface area contributed by atoms with Crippen molar-refractivity contribution in [3.05, 3.63) is 35.6 Å². The van der Waals surface area contributed by atoms with Gasteiger partial charge in [0, 0.05) is 5.56 Å². The van der Waals surface area contributed by atoms with Crippen LogP contribution < -0.4 is 11.3 Å². The van der Waals surface area contributed by atoms with E-state index in [2.05, 4.69) is 19.3 Å². The highest BCUT2D eigenvalue weighted by atomic mass is 19.1. The van der Waals surface area contributed by atoms with Gasteiger partial charge in [-0.25, -0.2) is 4.39 Å². The van der Waals surface area contributed by atoms with Gasteiger partial charge < -0.3 is 0 Å². The maximum absolute atomic E-state index is 13.8. The molecule has 3 N–H and O–H groups in total. The molecule has 1 rings (SSSR count). The second-order valence-corrected chi connectivity index (χ2v) is 4.50. The predicted molar refractivity (Wildman–Crippen MR) is 69.8 cm³/mol. The Balaban J connectivity index is 2.91. The zero-order valence-electron chi connectivity index (χ0n) is 10.7. The minimum atomic E-state index is -0.173. The molecule has 96 valence electrons. The quantitative estimate of drug-likeness (QED) is 0.563. The topological polar surface area (TPSA) is 38.0 Å². The summed E-state index contributed by atoms with van der Waals surface area (Å²) in [6.07, 6.45) is 4.32. The highest BCUT2D eigenvalue weighted by Gasteiger charge is 2.22. The predicted octanol–water partition coefficient (Wildman–Crippen LogP) is 3.55. The van der Waals surface area contributed by atoms with Crippen molar-refractivity contribution in [1.29, 1.82) is 0 Å². The Morgan fingerprint density at radius 3 is 2.24 bits per heavy atom. The molecule has 1 aromatic rings. The van der Waals surface area contributed by atoms with Crippen molar-refractivity contribution < 1.29 is 4.39 Å². The van der Waals surface area contributed by atoms with Gasteiger partial charge in [-0.05, 0) is 24.8 Å². The molecule has 0 aliphatic carbocycles. The van der Waals surface area contributed by atoms with Crippen LogP contribution in [-0.4, -0.2) is 0 Å². The minimum Gasteiger partial charge on any atom is -0.271 e. The Morgan fingerprint density at radius 2 is 1.76 bits per heavy atom. The van der Waals surface area contributed by atoms with Crippen LogP contribution in [0.2, 0.25) is 0 Å². The Kier molecular flexibility index (Phi) is 6.16. The lowest BCUT2D eigenvalue weighted by Crippen LogP contribution is -2.34. The van der Waals surface area contributed by atoms with Gasteiger partial charge in [-0.2, -0.15) is 0 Å². The van der Waals surface area contributed by atoms with Crippen molar-refractivity contribution in [3.8, 4) is 0 Å². The second-order valence-electron chi connectivity index (χ2n) is 4.50. The van der Waals surface area contributed by atoms with E-state index in [1.165, 1.54) is 6.07 Å². The smallest absolute Gasteiger partial charge is 0.128 e. The first-order chi connectivity index (χ1) is 8.24. The third-order valence-electron chi connectivity index (χ3n) is 3.21. The molecular weight excluding hydrogens is 215 g/mol. The lowest BCUT2D eigenvalue weighted by molar-refractivity contribution is 0.312. The largest absolute Gasteiger partial charge is 0.271 e. The number of hydrazine groups is 1. The molecule has 0 aliphatic rings. The zero-order valence-corrected chi connectivity index (χ0v) is 10.7. The molecule has 0 amide bonds. The van der Waals surface area contributed by atoms with Crippen LogP contribution in [0.15, 0.2) is 24.3 Å². The molecular formula is C14H23FN2. The van der Waals surface area contributed by atoms with Crippen molar-refractivity contribution in [3.63, 3.8) is 0 Å². The van der Waals surface area contributed by atoms with Gasteiger partial charge in [-0.15, -0.1) is 0 Å². The fourth-order valence-electron chi connectivity index (χ4n) is 2.43. The summed E-state index contributed by atoms with van der Waals surface area (Å²) >= 11 is 0. The number of nitrogens with one attached hydrogen (secondary N) is 1. The summed E-state index contributed by atoms with van der Waals surface area (Å²) in [5.74, 6) is 5.84. The van der Waals surface area contributed by atoms with Crippen molar-refractivity contribution in [2.45, 2.75) is 45.6 Å². The summed E-state index contributed by atoms with van der Waals surface area (Å²) in [5.41, 5.74) is 3.47. The van der Waals surface area contributed by atoms with E-state index in [-0.39, 0.29) is 11.9 Å². The molecule has 17 heavy (non-hydrogen) atoms. The van der Waals surface area contributed by atoms with Crippen LogP contribution in [0.3, 0.4) is 0 Å². The molecule has 1 unspecified atom stereocenters. The van der Waals surface area contributed by atoms with E-state index < -0.39 is 0 Å². The van der Waals surface area contributed by atoms with Gasteiger partial charge in [0.15, 0.2) is 0 Å². The lowest BCUT2D eigenvalue weighted by atomic mass is 9.86. The highest BCUT2D eigenvalue weighted by Crippen LogP contribution is 2.30. The SMILES string of the molecule is CCCC(CCC)C(NN)c1ccccc1F. The fraction of sp³-hybridized carbons (Fsp3) is 0.571. The van der Waals surface area contributed by atoms with E-state index in [4.69, 9.17) is 5.84 Å². The number of hydrogen-bond acceptors (Lipinski definition) is 2. The molecule has 2 nitrogen and oxygen atoms in total. The van der Waals surface area contributed by atoms with Crippen molar-refractivity contribution in [2.75, 3.05) is 0 Å². The average Bonchev–Trinajstić information content (AvgIpc) is 2.33. The summed E-state index contributed by atoms with van der Waals surface area (Å²) in [6, 6.07) is 6.79. The summed E-state index contributed by atoms with van der Waals surface area (Å²) in [7, 11) is 0. The number of benzene rings is 1. The maximum atomic E-state index is 13.8. The van der Waals surface area contributed by atoms with Crippen LogP contribution in [0.5, 0.6) is 0 Å². The minimum absolute atomic E-state index is 0.0869. The molecule has 0 radical (unpaired) electrons.